The largest absolute Gasteiger partial charge is 0.382 e. The lowest BCUT2D eigenvalue weighted by Gasteiger charge is -2.09. The number of aromatic nitrogens is 2. The quantitative estimate of drug-likeness (QED) is 0.778. The first-order valence-electron chi connectivity index (χ1n) is 3.42. The van der Waals surface area contributed by atoms with Gasteiger partial charge in [-0.1, -0.05) is 0 Å². The second-order valence-corrected chi connectivity index (χ2v) is 3.69. The summed E-state index contributed by atoms with van der Waals surface area (Å²) in [6.45, 7) is 2.78. The summed E-state index contributed by atoms with van der Waals surface area (Å²) in [4.78, 5) is 0. The number of methoxy groups -OCH3 is 1. The Hall–Kier alpha value is -0.100. The predicted molar refractivity (Wildman–Crippen MR) is 51.5 cm³/mol. The lowest BCUT2D eigenvalue weighted by atomic mass is 10.4. The topological polar surface area (TPSA) is 27.1 Å². The van der Waals surface area contributed by atoms with Crippen LogP contribution in [0.3, 0.4) is 0 Å². The van der Waals surface area contributed by atoms with E-state index in [-0.39, 0.29) is 0 Å². The van der Waals surface area contributed by atoms with Crippen molar-refractivity contribution in [3.8, 4) is 0 Å². The maximum Gasteiger partial charge on any atom is 0.0724 e. The molecule has 0 aliphatic carbocycles. The average molecular weight is 266 g/mol. The van der Waals surface area contributed by atoms with Crippen LogP contribution in [0.5, 0.6) is 0 Å². The molecule has 0 fully saturated rings. The van der Waals surface area contributed by atoms with E-state index in [0.29, 0.717) is 12.6 Å². The fraction of sp³-hybridized carbons (Fsp3) is 0.571. The normalized spacial score (nSPS) is 13.4. The smallest absolute Gasteiger partial charge is 0.0724 e. The molecule has 4 heteroatoms. The Balaban J connectivity index is 2.60. The number of rotatable bonds is 3. The van der Waals surface area contributed by atoms with E-state index in [1.807, 2.05) is 17.1 Å². The zero-order valence-corrected chi connectivity index (χ0v) is 8.78. The molecule has 0 spiro atoms. The van der Waals surface area contributed by atoms with Crippen LogP contribution in [0.15, 0.2) is 12.4 Å². The van der Waals surface area contributed by atoms with E-state index >= 15 is 0 Å². The molecule has 62 valence electrons. The molecule has 0 radical (unpaired) electrons. The van der Waals surface area contributed by atoms with Gasteiger partial charge in [0.05, 0.1) is 22.4 Å². The van der Waals surface area contributed by atoms with Gasteiger partial charge in [-0.2, -0.15) is 5.10 Å². The van der Waals surface area contributed by atoms with Gasteiger partial charge in [0.15, 0.2) is 0 Å². The van der Waals surface area contributed by atoms with Crippen molar-refractivity contribution in [3.63, 3.8) is 0 Å². The Bertz CT molecular complexity index is 224. The van der Waals surface area contributed by atoms with Crippen molar-refractivity contribution >= 4 is 22.6 Å². The van der Waals surface area contributed by atoms with Crippen LogP contribution in [-0.2, 0) is 4.74 Å². The third-order valence-electron chi connectivity index (χ3n) is 1.43. The molecule has 0 aromatic carbocycles. The molecule has 11 heavy (non-hydrogen) atoms. The van der Waals surface area contributed by atoms with Crippen molar-refractivity contribution in [2.24, 2.45) is 0 Å². The van der Waals surface area contributed by atoms with Gasteiger partial charge in [0.25, 0.3) is 0 Å². The number of halogens is 1. The van der Waals surface area contributed by atoms with Gasteiger partial charge in [-0.3, -0.25) is 4.68 Å². The number of ether oxygens (including phenoxy) is 1. The standard InChI is InChI=1S/C7H11IN2O/c1-6(5-11-2)10-4-7(8)3-9-10/h3-4,6H,5H2,1-2H3. The molecule has 0 amide bonds. The molecule has 1 unspecified atom stereocenters. The summed E-state index contributed by atoms with van der Waals surface area (Å²) >= 11 is 2.24. The summed E-state index contributed by atoms with van der Waals surface area (Å²) in [5, 5.41) is 4.16. The highest BCUT2D eigenvalue weighted by molar-refractivity contribution is 14.1. The Morgan fingerprint density at radius 2 is 2.55 bits per heavy atom. The van der Waals surface area contributed by atoms with Crippen LogP contribution in [0.1, 0.15) is 13.0 Å². The summed E-state index contributed by atoms with van der Waals surface area (Å²) in [5.74, 6) is 0. The van der Waals surface area contributed by atoms with Crippen LogP contribution < -0.4 is 0 Å². The van der Waals surface area contributed by atoms with Gasteiger partial charge in [0.2, 0.25) is 0 Å². The zero-order valence-electron chi connectivity index (χ0n) is 6.62. The fourth-order valence-electron chi connectivity index (χ4n) is 0.873. The second kappa shape index (κ2) is 4.06. The minimum absolute atomic E-state index is 0.323. The Morgan fingerprint density at radius 1 is 1.82 bits per heavy atom. The highest BCUT2D eigenvalue weighted by Crippen LogP contribution is 2.07. The van der Waals surface area contributed by atoms with E-state index in [1.54, 1.807) is 7.11 Å². The maximum absolute atomic E-state index is 5.00. The van der Waals surface area contributed by atoms with E-state index in [4.69, 9.17) is 4.74 Å². The predicted octanol–water partition coefficient (Wildman–Crippen LogP) is 1.70. The molecular formula is C7H11IN2O. The molecule has 1 heterocycles. The minimum Gasteiger partial charge on any atom is -0.382 e. The van der Waals surface area contributed by atoms with E-state index in [1.165, 1.54) is 0 Å². The van der Waals surface area contributed by atoms with Gasteiger partial charge in [-0.05, 0) is 29.5 Å². The summed E-state index contributed by atoms with van der Waals surface area (Å²) in [7, 11) is 1.70. The lowest BCUT2D eigenvalue weighted by molar-refractivity contribution is 0.157. The Kier molecular flexibility index (Phi) is 3.32. The average Bonchev–Trinajstić information content (AvgIpc) is 2.36. The second-order valence-electron chi connectivity index (χ2n) is 2.44. The van der Waals surface area contributed by atoms with E-state index in [9.17, 15) is 0 Å². The molecule has 0 bridgehead atoms. The highest BCUT2D eigenvalue weighted by Gasteiger charge is 2.03. The van der Waals surface area contributed by atoms with Crippen molar-refractivity contribution < 1.29 is 4.74 Å². The first kappa shape index (κ1) is 8.99. The number of hydrogen-bond acceptors (Lipinski definition) is 2. The molecule has 1 aromatic rings. The molecule has 1 aromatic heterocycles. The van der Waals surface area contributed by atoms with E-state index in [0.717, 1.165) is 3.57 Å². The van der Waals surface area contributed by atoms with Crippen molar-refractivity contribution in [1.82, 2.24) is 9.78 Å². The summed E-state index contributed by atoms with van der Waals surface area (Å²) < 4.78 is 8.07. The zero-order chi connectivity index (χ0) is 8.27. The Morgan fingerprint density at radius 3 is 3.00 bits per heavy atom. The van der Waals surface area contributed by atoms with Gasteiger partial charge in [-0.25, -0.2) is 0 Å². The van der Waals surface area contributed by atoms with Crippen LogP contribution in [-0.4, -0.2) is 23.5 Å². The van der Waals surface area contributed by atoms with Crippen molar-refractivity contribution in [2.45, 2.75) is 13.0 Å². The Labute approximate surface area is 79.9 Å². The highest BCUT2D eigenvalue weighted by atomic mass is 127. The fourth-order valence-corrected chi connectivity index (χ4v) is 1.28. The van der Waals surface area contributed by atoms with Crippen molar-refractivity contribution in [2.75, 3.05) is 13.7 Å². The summed E-state index contributed by atoms with van der Waals surface area (Å²) in [6.07, 6.45) is 3.84. The lowest BCUT2D eigenvalue weighted by Crippen LogP contribution is -2.11. The van der Waals surface area contributed by atoms with Crippen LogP contribution in [0, 0.1) is 3.57 Å². The minimum atomic E-state index is 0.323. The van der Waals surface area contributed by atoms with Gasteiger partial charge in [0, 0.05) is 13.3 Å². The first-order valence-corrected chi connectivity index (χ1v) is 4.50. The third kappa shape index (κ3) is 2.44. The van der Waals surface area contributed by atoms with E-state index < -0.39 is 0 Å². The summed E-state index contributed by atoms with van der Waals surface area (Å²) in [5.41, 5.74) is 0. The third-order valence-corrected chi connectivity index (χ3v) is 1.99. The molecule has 0 saturated heterocycles. The van der Waals surface area contributed by atoms with Crippen LogP contribution >= 0.6 is 22.6 Å². The molecule has 0 N–H and O–H groups in total. The molecule has 1 rings (SSSR count). The number of hydrogen-bond donors (Lipinski definition) is 0. The summed E-state index contributed by atoms with van der Waals surface area (Å²) in [6, 6.07) is 0.323. The monoisotopic (exact) mass is 266 g/mol. The van der Waals surface area contributed by atoms with E-state index in [2.05, 4.69) is 34.6 Å². The SMILES string of the molecule is COCC(C)n1cc(I)cn1. The van der Waals surface area contributed by atoms with Gasteiger partial charge in [0.1, 0.15) is 0 Å². The molecule has 1 atom stereocenters. The molecule has 3 nitrogen and oxygen atoms in total. The van der Waals surface area contributed by atoms with Crippen molar-refractivity contribution in [3.05, 3.63) is 16.0 Å². The number of nitrogens with zero attached hydrogens (tertiary/aromatic N) is 2. The molecule has 0 aliphatic rings. The first-order chi connectivity index (χ1) is 5.24. The maximum atomic E-state index is 5.00. The van der Waals surface area contributed by atoms with Crippen LogP contribution in [0.2, 0.25) is 0 Å². The van der Waals surface area contributed by atoms with Gasteiger partial charge in [-0.15, -0.1) is 0 Å². The molecular weight excluding hydrogens is 255 g/mol. The van der Waals surface area contributed by atoms with Crippen LogP contribution in [0.25, 0.3) is 0 Å². The molecule has 0 aliphatic heterocycles. The van der Waals surface area contributed by atoms with Crippen LogP contribution in [0.4, 0.5) is 0 Å². The van der Waals surface area contributed by atoms with Crippen molar-refractivity contribution in [1.29, 1.82) is 0 Å². The van der Waals surface area contributed by atoms with Gasteiger partial charge >= 0.3 is 0 Å². The molecule has 0 saturated carbocycles. The van der Waals surface area contributed by atoms with Gasteiger partial charge < -0.3 is 4.74 Å².